The maximum Gasteiger partial charge on any atom is 0.266 e. The number of nitrogens with one attached hydrogen (secondary N) is 1. The van der Waals surface area contributed by atoms with Gasteiger partial charge in [0, 0.05) is 17.2 Å². The van der Waals surface area contributed by atoms with Gasteiger partial charge < -0.3 is 14.8 Å². The highest BCUT2D eigenvalue weighted by Crippen LogP contribution is 2.27. The summed E-state index contributed by atoms with van der Waals surface area (Å²) in [4.78, 5) is 24.1. The third-order valence-corrected chi connectivity index (χ3v) is 3.66. The summed E-state index contributed by atoms with van der Waals surface area (Å²) in [5, 5.41) is 12.0. The molecule has 2 rings (SSSR count). The summed E-state index contributed by atoms with van der Waals surface area (Å²) in [6, 6.07) is 13.5. The van der Waals surface area contributed by atoms with Crippen LogP contribution < -0.4 is 14.8 Å². The van der Waals surface area contributed by atoms with Gasteiger partial charge in [-0.05, 0) is 37.3 Å². The largest absolute Gasteiger partial charge is 0.497 e. The molecule has 2 aromatic carbocycles. The third kappa shape index (κ3) is 4.28. The minimum atomic E-state index is -0.612. The molecule has 0 spiro atoms. The second-order valence-corrected chi connectivity index (χ2v) is 5.33. The van der Waals surface area contributed by atoms with Crippen molar-refractivity contribution in [2.75, 3.05) is 19.5 Å². The lowest BCUT2D eigenvalue weighted by Gasteiger charge is -2.10. The first-order valence-corrected chi connectivity index (χ1v) is 7.75. The molecule has 0 saturated carbocycles. The molecule has 0 aromatic heterocycles. The van der Waals surface area contributed by atoms with Crippen molar-refractivity contribution in [1.29, 1.82) is 5.26 Å². The van der Waals surface area contributed by atoms with Gasteiger partial charge in [-0.3, -0.25) is 9.59 Å². The fourth-order valence-electron chi connectivity index (χ4n) is 2.33. The first-order valence-electron chi connectivity index (χ1n) is 7.75. The summed E-state index contributed by atoms with van der Waals surface area (Å²) < 4.78 is 10.4. The van der Waals surface area contributed by atoms with Crippen molar-refractivity contribution in [3.63, 3.8) is 0 Å². The molecular formula is C20H18N2O4. The molecule has 0 unspecified atom stereocenters. The Hall–Kier alpha value is -3.59. The Bertz CT molecular complexity index is 910. The van der Waals surface area contributed by atoms with Gasteiger partial charge in [0.05, 0.1) is 19.9 Å². The Balaban J connectivity index is 2.34. The molecule has 0 fully saturated rings. The van der Waals surface area contributed by atoms with Crippen LogP contribution in [0.15, 0.2) is 48.0 Å². The molecule has 132 valence electrons. The van der Waals surface area contributed by atoms with Crippen LogP contribution in [-0.2, 0) is 4.79 Å². The Morgan fingerprint density at radius 2 is 1.85 bits per heavy atom. The summed E-state index contributed by atoms with van der Waals surface area (Å²) in [5.41, 5.74) is 1.17. The quantitative estimate of drug-likeness (QED) is 0.490. The van der Waals surface area contributed by atoms with E-state index in [1.54, 1.807) is 42.5 Å². The number of nitriles is 1. The van der Waals surface area contributed by atoms with Crippen LogP contribution in [0.2, 0.25) is 0 Å². The minimum Gasteiger partial charge on any atom is -0.497 e. The fraction of sp³-hybridized carbons (Fsp3) is 0.150. The lowest BCUT2D eigenvalue weighted by Crippen LogP contribution is -2.15. The highest BCUT2D eigenvalue weighted by Gasteiger charge is 2.14. The van der Waals surface area contributed by atoms with Crippen molar-refractivity contribution < 1.29 is 19.1 Å². The number of para-hydroxylation sites is 1. The Morgan fingerprint density at radius 3 is 2.46 bits per heavy atom. The molecule has 0 aliphatic carbocycles. The number of carbonyl (C=O) groups excluding carboxylic acids is 2. The van der Waals surface area contributed by atoms with Crippen LogP contribution in [0.4, 0.5) is 5.69 Å². The second kappa shape index (κ2) is 8.49. The zero-order valence-corrected chi connectivity index (χ0v) is 14.7. The van der Waals surface area contributed by atoms with E-state index in [4.69, 9.17) is 9.47 Å². The van der Waals surface area contributed by atoms with E-state index in [2.05, 4.69) is 5.32 Å². The highest BCUT2D eigenvalue weighted by atomic mass is 16.5. The SMILES string of the molecule is COc1ccc(/C=C(/C#N)C(=O)Nc2ccccc2C(C)=O)c(OC)c1. The lowest BCUT2D eigenvalue weighted by atomic mass is 10.1. The maximum absolute atomic E-state index is 12.5. The van der Waals surface area contributed by atoms with Gasteiger partial charge in [-0.15, -0.1) is 0 Å². The van der Waals surface area contributed by atoms with E-state index < -0.39 is 5.91 Å². The van der Waals surface area contributed by atoms with Crippen molar-refractivity contribution in [3.8, 4) is 17.6 Å². The normalized spacial score (nSPS) is 10.6. The predicted molar refractivity (Wildman–Crippen MR) is 98.2 cm³/mol. The summed E-state index contributed by atoms with van der Waals surface area (Å²) in [6.07, 6.45) is 1.42. The monoisotopic (exact) mass is 350 g/mol. The van der Waals surface area contributed by atoms with E-state index in [1.807, 2.05) is 6.07 Å². The molecule has 26 heavy (non-hydrogen) atoms. The van der Waals surface area contributed by atoms with Crippen LogP contribution >= 0.6 is 0 Å². The van der Waals surface area contributed by atoms with Gasteiger partial charge in [0.2, 0.25) is 0 Å². The van der Waals surface area contributed by atoms with E-state index in [9.17, 15) is 14.9 Å². The number of hydrogen-bond acceptors (Lipinski definition) is 5. The van der Waals surface area contributed by atoms with Crippen LogP contribution in [-0.4, -0.2) is 25.9 Å². The molecule has 6 heteroatoms. The van der Waals surface area contributed by atoms with Gasteiger partial charge in [0.25, 0.3) is 5.91 Å². The summed E-state index contributed by atoms with van der Waals surface area (Å²) in [5.74, 6) is 0.269. The average molecular weight is 350 g/mol. The van der Waals surface area contributed by atoms with E-state index in [-0.39, 0.29) is 11.4 Å². The number of amides is 1. The number of methoxy groups -OCH3 is 2. The lowest BCUT2D eigenvalue weighted by molar-refractivity contribution is -0.112. The van der Waals surface area contributed by atoms with Crippen LogP contribution in [0.5, 0.6) is 11.5 Å². The van der Waals surface area contributed by atoms with Crippen molar-refractivity contribution in [1.82, 2.24) is 0 Å². The van der Waals surface area contributed by atoms with Gasteiger partial charge in [0.1, 0.15) is 23.1 Å². The summed E-state index contributed by atoms with van der Waals surface area (Å²) in [6.45, 7) is 1.41. The van der Waals surface area contributed by atoms with Crippen molar-refractivity contribution in [2.45, 2.75) is 6.92 Å². The zero-order chi connectivity index (χ0) is 19.1. The van der Waals surface area contributed by atoms with E-state index in [0.29, 0.717) is 28.3 Å². The molecule has 1 amide bonds. The molecule has 0 radical (unpaired) electrons. The number of benzene rings is 2. The van der Waals surface area contributed by atoms with Crippen molar-refractivity contribution in [2.24, 2.45) is 0 Å². The minimum absolute atomic E-state index is 0.119. The predicted octanol–water partition coefficient (Wildman–Crippen LogP) is 3.45. The molecule has 0 aliphatic heterocycles. The van der Waals surface area contributed by atoms with Crippen LogP contribution in [0.25, 0.3) is 6.08 Å². The zero-order valence-electron chi connectivity index (χ0n) is 14.7. The number of Topliss-reactive ketones (excluding diaryl/α,β-unsaturated/α-hetero) is 1. The standard InChI is InChI=1S/C20H18N2O4/c1-13(23)17-6-4-5-7-18(17)22-20(24)15(12-21)10-14-8-9-16(25-2)11-19(14)26-3/h4-11H,1-3H3,(H,22,24)/b15-10-. The molecular weight excluding hydrogens is 332 g/mol. The third-order valence-electron chi connectivity index (χ3n) is 3.66. The molecule has 0 saturated heterocycles. The topological polar surface area (TPSA) is 88.4 Å². The number of rotatable bonds is 6. The molecule has 0 aliphatic rings. The molecule has 0 bridgehead atoms. The number of nitrogens with zero attached hydrogens (tertiary/aromatic N) is 1. The van der Waals surface area contributed by atoms with Gasteiger partial charge >= 0.3 is 0 Å². The van der Waals surface area contributed by atoms with E-state index in [1.165, 1.54) is 27.2 Å². The molecule has 0 heterocycles. The van der Waals surface area contributed by atoms with Crippen LogP contribution in [0.3, 0.4) is 0 Å². The van der Waals surface area contributed by atoms with Crippen molar-refractivity contribution in [3.05, 3.63) is 59.2 Å². The molecule has 0 atom stereocenters. The molecule has 6 nitrogen and oxygen atoms in total. The first kappa shape index (κ1) is 18.7. The van der Waals surface area contributed by atoms with Crippen LogP contribution in [0.1, 0.15) is 22.8 Å². The van der Waals surface area contributed by atoms with Gasteiger partial charge in [0.15, 0.2) is 5.78 Å². The highest BCUT2D eigenvalue weighted by molar-refractivity contribution is 6.12. The average Bonchev–Trinajstić information content (AvgIpc) is 2.66. The number of carbonyl (C=O) groups is 2. The molecule has 1 N–H and O–H groups in total. The Morgan fingerprint density at radius 1 is 1.12 bits per heavy atom. The van der Waals surface area contributed by atoms with Crippen molar-refractivity contribution >= 4 is 23.5 Å². The number of ether oxygens (including phenoxy) is 2. The van der Waals surface area contributed by atoms with E-state index >= 15 is 0 Å². The van der Waals surface area contributed by atoms with Gasteiger partial charge in [-0.2, -0.15) is 5.26 Å². The van der Waals surface area contributed by atoms with E-state index in [0.717, 1.165) is 0 Å². The number of ketones is 1. The summed E-state index contributed by atoms with van der Waals surface area (Å²) >= 11 is 0. The number of hydrogen-bond donors (Lipinski definition) is 1. The van der Waals surface area contributed by atoms with Gasteiger partial charge in [-0.1, -0.05) is 12.1 Å². The number of anilines is 1. The summed E-state index contributed by atoms with van der Waals surface area (Å²) in [7, 11) is 3.02. The Kier molecular flexibility index (Phi) is 6.12. The Labute approximate surface area is 151 Å². The maximum atomic E-state index is 12.5. The first-order chi connectivity index (χ1) is 12.5. The fourth-order valence-corrected chi connectivity index (χ4v) is 2.33. The smallest absolute Gasteiger partial charge is 0.266 e. The van der Waals surface area contributed by atoms with Gasteiger partial charge in [-0.25, -0.2) is 0 Å². The van der Waals surface area contributed by atoms with Crippen LogP contribution in [0, 0.1) is 11.3 Å². The second-order valence-electron chi connectivity index (χ2n) is 5.33. The molecule has 2 aromatic rings.